The fraction of sp³-hybridized carbons (Fsp3) is 0.583. The second-order valence-corrected chi connectivity index (χ2v) is 5.18. The highest BCUT2D eigenvalue weighted by Crippen LogP contribution is 2.29. The SMILES string of the molecule is CC12CN(C#N)CCN1CCN(c1ccn[nH]1)C2=O. The lowest BCUT2D eigenvalue weighted by molar-refractivity contribution is -0.136. The predicted molar refractivity (Wildman–Crippen MR) is 68.1 cm³/mol. The Bertz CT molecular complexity index is 521. The molecule has 1 N–H and O–H groups in total. The summed E-state index contributed by atoms with van der Waals surface area (Å²) in [6.07, 6.45) is 3.79. The summed E-state index contributed by atoms with van der Waals surface area (Å²) >= 11 is 0. The molecule has 3 rings (SSSR count). The van der Waals surface area contributed by atoms with Crippen molar-refractivity contribution in [3.8, 4) is 6.19 Å². The van der Waals surface area contributed by atoms with E-state index in [9.17, 15) is 4.79 Å². The second-order valence-electron chi connectivity index (χ2n) is 5.18. The van der Waals surface area contributed by atoms with Crippen molar-refractivity contribution < 1.29 is 4.79 Å². The number of nitrogens with zero attached hydrogens (tertiary/aromatic N) is 5. The van der Waals surface area contributed by atoms with Crippen LogP contribution in [-0.2, 0) is 4.79 Å². The summed E-state index contributed by atoms with van der Waals surface area (Å²) in [5, 5.41) is 15.8. The average molecular weight is 260 g/mol. The van der Waals surface area contributed by atoms with Gasteiger partial charge >= 0.3 is 0 Å². The molecule has 2 aliphatic rings. The number of rotatable bonds is 1. The molecule has 100 valence electrons. The summed E-state index contributed by atoms with van der Waals surface area (Å²) in [5.41, 5.74) is -0.628. The quantitative estimate of drug-likeness (QED) is 0.696. The Morgan fingerprint density at radius 3 is 2.89 bits per heavy atom. The first-order valence-electron chi connectivity index (χ1n) is 6.36. The molecule has 7 heteroatoms. The van der Waals surface area contributed by atoms with E-state index in [1.165, 1.54) is 0 Å². The number of fused-ring (bicyclic) bond motifs is 1. The molecule has 0 bridgehead atoms. The van der Waals surface area contributed by atoms with Gasteiger partial charge in [0, 0.05) is 32.2 Å². The fourth-order valence-electron chi connectivity index (χ4n) is 2.93. The normalized spacial score (nSPS) is 28.1. The van der Waals surface area contributed by atoms with Crippen LogP contribution in [0.2, 0.25) is 0 Å². The third kappa shape index (κ3) is 1.76. The van der Waals surface area contributed by atoms with Crippen LogP contribution < -0.4 is 4.90 Å². The molecule has 7 nitrogen and oxygen atoms in total. The number of anilines is 1. The molecule has 2 saturated heterocycles. The number of amides is 1. The molecule has 19 heavy (non-hydrogen) atoms. The molecule has 1 atom stereocenters. The van der Waals surface area contributed by atoms with Gasteiger partial charge in [0.15, 0.2) is 6.19 Å². The number of carbonyl (C=O) groups excluding carboxylic acids is 1. The number of H-pyrrole nitrogens is 1. The van der Waals surface area contributed by atoms with Crippen molar-refractivity contribution in [1.82, 2.24) is 20.0 Å². The van der Waals surface area contributed by atoms with Crippen LogP contribution in [0.3, 0.4) is 0 Å². The van der Waals surface area contributed by atoms with Crippen LogP contribution in [0.25, 0.3) is 0 Å². The second kappa shape index (κ2) is 4.24. The maximum absolute atomic E-state index is 12.7. The van der Waals surface area contributed by atoms with Crippen molar-refractivity contribution >= 4 is 11.7 Å². The molecule has 1 amide bonds. The Kier molecular flexibility index (Phi) is 2.68. The predicted octanol–water partition coefficient (Wildman–Crippen LogP) is -0.386. The number of nitriles is 1. The highest BCUT2D eigenvalue weighted by molar-refractivity contribution is 6.00. The number of hydrogen-bond donors (Lipinski definition) is 1. The highest BCUT2D eigenvalue weighted by Gasteiger charge is 2.49. The van der Waals surface area contributed by atoms with Gasteiger partial charge in [0.1, 0.15) is 11.4 Å². The Labute approximate surface area is 111 Å². The molecule has 1 unspecified atom stereocenters. The first-order valence-corrected chi connectivity index (χ1v) is 6.36. The molecule has 3 heterocycles. The standard InChI is InChI=1S/C12H16N6O/c1-12-8-16(9-13)4-5-17(12)6-7-18(11(12)19)10-2-3-14-15-10/h2-3H,4-8H2,1H3,(H,14,15). The largest absolute Gasteiger partial charge is 0.307 e. The summed E-state index contributed by atoms with van der Waals surface area (Å²) in [7, 11) is 0. The Morgan fingerprint density at radius 2 is 2.21 bits per heavy atom. The van der Waals surface area contributed by atoms with Gasteiger partial charge in [0.2, 0.25) is 5.91 Å². The van der Waals surface area contributed by atoms with E-state index in [1.807, 2.05) is 6.92 Å². The molecule has 0 saturated carbocycles. The topological polar surface area (TPSA) is 79.3 Å². The zero-order chi connectivity index (χ0) is 13.5. The first kappa shape index (κ1) is 12.0. The van der Waals surface area contributed by atoms with E-state index >= 15 is 0 Å². The van der Waals surface area contributed by atoms with Crippen LogP contribution in [0.1, 0.15) is 6.92 Å². The number of nitrogens with one attached hydrogen (secondary N) is 1. The summed E-state index contributed by atoms with van der Waals surface area (Å²) in [6, 6.07) is 1.79. The van der Waals surface area contributed by atoms with Gasteiger partial charge in [-0.15, -0.1) is 0 Å². The number of aromatic amines is 1. The Hall–Kier alpha value is -2.07. The van der Waals surface area contributed by atoms with Crippen molar-refractivity contribution in [3.05, 3.63) is 12.3 Å². The van der Waals surface area contributed by atoms with Crippen molar-refractivity contribution in [2.75, 3.05) is 37.6 Å². The molecular weight excluding hydrogens is 244 g/mol. The van der Waals surface area contributed by atoms with E-state index < -0.39 is 5.54 Å². The molecule has 0 aliphatic carbocycles. The van der Waals surface area contributed by atoms with Gasteiger partial charge in [-0.2, -0.15) is 10.4 Å². The summed E-state index contributed by atoms with van der Waals surface area (Å²) in [6.45, 7) is 5.30. The van der Waals surface area contributed by atoms with E-state index in [1.54, 1.807) is 22.1 Å². The van der Waals surface area contributed by atoms with Gasteiger partial charge in [-0.25, -0.2) is 0 Å². The van der Waals surface area contributed by atoms with E-state index in [-0.39, 0.29) is 5.91 Å². The fourth-order valence-corrected chi connectivity index (χ4v) is 2.93. The monoisotopic (exact) mass is 260 g/mol. The zero-order valence-electron chi connectivity index (χ0n) is 10.8. The van der Waals surface area contributed by atoms with Crippen molar-refractivity contribution in [2.24, 2.45) is 0 Å². The maximum Gasteiger partial charge on any atom is 0.250 e. The van der Waals surface area contributed by atoms with Gasteiger partial charge in [0.05, 0.1) is 12.7 Å². The Morgan fingerprint density at radius 1 is 1.42 bits per heavy atom. The maximum atomic E-state index is 12.7. The van der Waals surface area contributed by atoms with E-state index in [0.717, 1.165) is 18.9 Å². The van der Waals surface area contributed by atoms with Crippen molar-refractivity contribution in [3.63, 3.8) is 0 Å². The van der Waals surface area contributed by atoms with Crippen LogP contribution >= 0.6 is 0 Å². The van der Waals surface area contributed by atoms with Gasteiger partial charge in [-0.3, -0.25) is 19.7 Å². The highest BCUT2D eigenvalue weighted by atomic mass is 16.2. The summed E-state index contributed by atoms with van der Waals surface area (Å²) < 4.78 is 0. The third-order valence-corrected chi connectivity index (χ3v) is 4.05. The zero-order valence-corrected chi connectivity index (χ0v) is 10.8. The van der Waals surface area contributed by atoms with Crippen molar-refractivity contribution in [1.29, 1.82) is 5.26 Å². The molecule has 1 aromatic heterocycles. The molecule has 2 aliphatic heterocycles. The van der Waals surface area contributed by atoms with Crippen LogP contribution in [-0.4, -0.2) is 64.2 Å². The van der Waals surface area contributed by atoms with E-state index in [0.29, 0.717) is 19.6 Å². The minimum Gasteiger partial charge on any atom is -0.307 e. The Balaban J connectivity index is 1.89. The molecule has 2 fully saturated rings. The van der Waals surface area contributed by atoms with Gasteiger partial charge in [-0.1, -0.05) is 0 Å². The van der Waals surface area contributed by atoms with Gasteiger partial charge in [0.25, 0.3) is 0 Å². The lowest BCUT2D eigenvalue weighted by Gasteiger charge is -2.51. The van der Waals surface area contributed by atoms with Crippen LogP contribution in [0.4, 0.5) is 5.82 Å². The molecule has 0 spiro atoms. The molecule has 1 aromatic rings. The molecule has 0 aromatic carbocycles. The van der Waals surface area contributed by atoms with Crippen molar-refractivity contribution in [2.45, 2.75) is 12.5 Å². The van der Waals surface area contributed by atoms with Crippen LogP contribution in [0, 0.1) is 11.5 Å². The van der Waals surface area contributed by atoms with Crippen LogP contribution in [0.15, 0.2) is 12.3 Å². The van der Waals surface area contributed by atoms with E-state index in [4.69, 9.17) is 5.26 Å². The smallest absolute Gasteiger partial charge is 0.250 e. The number of aromatic nitrogens is 2. The third-order valence-electron chi connectivity index (χ3n) is 4.05. The molecular formula is C12H16N6O. The number of piperazine rings is 2. The lowest BCUT2D eigenvalue weighted by Crippen LogP contribution is -2.71. The molecule has 0 radical (unpaired) electrons. The lowest BCUT2D eigenvalue weighted by atomic mass is 9.92. The number of carbonyl (C=O) groups is 1. The minimum absolute atomic E-state index is 0.0305. The van der Waals surface area contributed by atoms with Crippen LogP contribution in [0.5, 0.6) is 0 Å². The average Bonchev–Trinajstić information content (AvgIpc) is 2.93. The van der Waals surface area contributed by atoms with Gasteiger partial charge in [-0.05, 0) is 6.92 Å². The summed E-state index contributed by atoms with van der Waals surface area (Å²) in [5.74, 6) is 0.753. The minimum atomic E-state index is -0.628. The number of hydrogen-bond acceptors (Lipinski definition) is 5. The summed E-state index contributed by atoms with van der Waals surface area (Å²) in [4.78, 5) is 18.3. The first-order chi connectivity index (χ1) is 9.15. The van der Waals surface area contributed by atoms with E-state index in [2.05, 4.69) is 21.3 Å². The van der Waals surface area contributed by atoms with Gasteiger partial charge < -0.3 is 4.90 Å².